The quantitative estimate of drug-likeness (QED) is 0.768. The van der Waals surface area contributed by atoms with Crippen LogP contribution >= 0.6 is 0 Å². The second-order valence-electron chi connectivity index (χ2n) is 5.27. The zero-order chi connectivity index (χ0) is 13.3. The maximum Gasteiger partial charge on any atom is 0.261 e. The standard InChI is InChI=1S/C14H17NO3/c1-14(2,3)18-9-8-15-12(16)10-6-4-5-7-11(10)13(15)17/h4-7H,8-9H2,1-3H3. The summed E-state index contributed by atoms with van der Waals surface area (Å²) in [5.74, 6) is -0.457. The number of nitrogens with zero attached hydrogens (tertiary/aromatic N) is 1. The lowest BCUT2D eigenvalue weighted by Gasteiger charge is -2.21. The largest absolute Gasteiger partial charge is 0.374 e. The van der Waals surface area contributed by atoms with Crippen LogP contribution in [0.4, 0.5) is 0 Å². The van der Waals surface area contributed by atoms with Crippen molar-refractivity contribution in [1.82, 2.24) is 4.90 Å². The van der Waals surface area contributed by atoms with Gasteiger partial charge in [0.25, 0.3) is 11.8 Å². The summed E-state index contributed by atoms with van der Waals surface area (Å²) in [6.45, 7) is 6.47. The van der Waals surface area contributed by atoms with Crippen LogP contribution in [0.3, 0.4) is 0 Å². The summed E-state index contributed by atoms with van der Waals surface area (Å²) in [5.41, 5.74) is 0.704. The summed E-state index contributed by atoms with van der Waals surface area (Å²) in [5, 5.41) is 0. The molecule has 2 rings (SSSR count). The average molecular weight is 247 g/mol. The summed E-state index contributed by atoms with van der Waals surface area (Å²) in [6, 6.07) is 6.89. The normalized spacial score (nSPS) is 15.2. The molecular formula is C14H17NO3. The second-order valence-corrected chi connectivity index (χ2v) is 5.27. The van der Waals surface area contributed by atoms with E-state index in [0.29, 0.717) is 24.3 Å². The van der Waals surface area contributed by atoms with E-state index in [9.17, 15) is 9.59 Å². The van der Waals surface area contributed by atoms with Gasteiger partial charge < -0.3 is 4.74 Å². The van der Waals surface area contributed by atoms with Gasteiger partial charge in [0, 0.05) is 0 Å². The minimum absolute atomic E-state index is 0.229. The Morgan fingerprint density at radius 1 is 1.06 bits per heavy atom. The van der Waals surface area contributed by atoms with Gasteiger partial charge in [-0.15, -0.1) is 0 Å². The fourth-order valence-electron chi connectivity index (χ4n) is 1.89. The van der Waals surface area contributed by atoms with Gasteiger partial charge in [-0.3, -0.25) is 14.5 Å². The first-order valence-corrected chi connectivity index (χ1v) is 5.99. The number of hydrogen-bond donors (Lipinski definition) is 0. The highest BCUT2D eigenvalue weighted by molar-refractivity contribution is 6.21. The summed E-state index contributed by atoms with van der Waals surface area (Å²) >= 11 is 0. The van der Waals surface area contributed by atoms with Gasteiger partial charge in [0.15, 0.2) is 0 Å². The molecule has 0 fully saturated rings. The van der Waals surface area contributed by atoms with Gasteiger partial charge in [0.05, 0.1) is 29.9 Å². The number of hydrogen-bond acceptors (Lipinski definition) is 3. The summed E-state index contributed by atoms with van der Waals surface area (Å²) in [4.78, 5) is 25.3. The van der Waals surface area contributed by atoms with Gasteiger partial charge in [-0.1, -0.05) is 12.1 Å². The monoisotopic (exact) mass is 247 g/mol. The molecule has 0 atom stereocenters. The predicted octanol–water partition coefficient (Wildman–Crippen LogP) is 2.10. The van der Waals surface area contributed by atoms with E-state index in [0.717, 1.165) is 0 Å². The van der Waals surface area contributed by atoms with Crippen molar-refractivity contribution < 1.29 is 14.3 Å². The number of carbonyl (C=O) groups is 2. The molecule has 0 radical (unpaired) electrons. The average Bonchev–Trinajstić information content (AvgIpc) is 2.53. The molecule has 0 saturated carbocycles. The number of benzene rings is 1. The van der Waals surface area contributed by atoms with Crippen molar-refractivity contribution in [2.45, 2.75) is 26.4 Å². The van der Waals surface area contributed by atoms with Crippen molar-refractivity contribution in [2.24, 2.45) is 0 Å². The van der Waals surface area contributed by atoms with Crippen LogP contribution in [0.25, 0.3) is 0 Å². The molecule has 1 aromatic rings. The van der Waals surface area contributed by atoms with Gasteiger partial charge >= 0.3 is 0 Å². The minimum Gasteiger partial charge on any atom is -0.374 e. The Balaban J connectivity index is 2.05. The Bertz CT molecular complexity index is 453. The van der Waals surface area contributed by atoms with Gasteiger partial charge in [0.2, 0.25) is 0 Å². The molecule has 0 spiro atoms. The third kappa shape index (κ3) is 2.43. The molecule has 4 heteroatoms. The van der Waals surface area contributed by atoms with E-state index >= 15 is 0 Å². The van der Waals surface area contributed by atoms with Gasteiger partial charge in [0.1, 0.15) is 0 Å². The van der Waals surface area contributed by atoms with E-state index in [1.54, 1.807) is 24.3 Å². The Morgan fingerprint density at radius 2 is 1.56 bits per heavy atom. The summed E-state index contributed by atoms with van der Waals surface area (Å²) < 4.78 is 5.54. The molecule has 0 saturated heterocycles. The summed E-state index contributed by atoms with van der Waals surface area (Å²) in [7, 11) is 0. The third-order valence-corrected chi connectivity index (χ3v) is 2.73. The van der Waals surface area contributed by atoms with Crippen LogP contribution < -0.4 is 0 Å². The zero-order valence-electron chi connectivity index (χ0n) is 10.9. The highest BCUT2D eigenvalue weighted by atomic mass is 16.5. The Morgan fingerprint density at radius 3 is 2.00 bits per heavy atom. The highest BCUT2D eigenvalue weighted by Crippen LogP contribution is 2.22. The van der Waals surface area contributed by atoms with Gasteiger partial charge in [-0.25, -0.2) is 0 Å². The van der Waals surface area contributed by atoms with E-state index in [2.05, 4.69) is 0 Å². The van der Waals surface area contributed by atoms with E-state index in [-0.39, 0.29) is 17.4 Å². The summed E-state index contributed by atoms with van der Waals surface area (Å²) in [6.07, 6.45) is 0. The van der Waals surface area contributed by atoms with Crippen LogP contribution in [0, 0.1) is 0 Å². The van der Waals surface area contributed by atoms with Gasteiger partial charge in [-0.05, 0) is 32.9 Å². The molecule has 18 heavy (non-hydrogen) atoms. The van der Waals surface area contributed by atoms with Crippen LogP contribution in [0.2, 0.25) is 0 Å². The van der Waals surface area contributed by atoms with Crippen molar-refractivity contribution in [3.05, 3.63) is 35.4 Å². The smallest absolute Gasteiger partial charge is 0.261 e. The van der Waals surface area contributed by atoms with Crippen molar-refractivity contribution in [1.29, 1.82) is 0 Å². The molecule has 2 amide bonds. The number of ether oxygens (including phenoxy) is 1. The van der Waals surface area contributed by atoms with Crippen LogP contribution in [0.1, 0.15) is 41.5 Å². The molecular weight excluding hydrogens is 230 g/mol. The maximum absolute atomic E-state index is 12.0. The molecule has 0 aromatic heterocycles. The second kappa shape index (κ2) is 4.53. The molecule has 1 heterocycles. The number of amides is 2. The molecule has 0 unspecified atom stereocenters. The first-order chi connectivity index (χ1) is 8.40. The van der Waals surface area contributed by atoms with E-state index < -0.39 is 0 Å². The Hall–Kier alpha value is -1.68. The number of carbonyl (C=O) groups excluding carboxylic acids is 2. The van der Waals surface area contributed by atoms with Crippen molar-refractivity contribution in [3.8, 4) is 0 Å². The predicted molar refractivity (Wildman–Crippen MR) is 67.5 cm³/mol. The highest BCUT2D eigenvalue weighted by Gasteiger charge is 2.34. The van der Waals surface area contributed by atoms with Gasteiger partial charge in [-0.2, -0.15) is 0 Å². The lowest BCUT2D eigenvalue weighted by Crippen LogP contribution is -2.35. The molecule has 0 N–H and O–H groups in total. The molecule has 1 aliphatic heterocycles. The van der Waals surface area contributed by atoms with Crippen molar-refractivity contribution in [2.75, 3.05) is 13.2 Å². The fraction of sp³-hybridized carbons (Fsp3) is 0.429. The molecule has 4 nitrogen and oxygen atoms in total. The van der Waals surface area contributed by atoms with Crippen molar-refractivity contribution in [3.63, 3.8) is 0 Å². The van der Waals surface area contributed by atoms with E-state index in [1.807, 2.05) is 20.8 Å². The molecule has 1 aliphatic rings. The molecule has 96 valence electrons. The van der Waals surface area contributed by atoms with Crippen molar-refractivity contribution >= 4 is 11.8 Å². The molecule has 1 aromatic carbocycles. The third-order valence-electron chi connectivity index (χ3n) is 2.73. The Kier molecular flexibility index (Phi) is 3.22. The zero-order valence-corrected chi connectivity index (χ0v) is 10.9. The number of imide groups is 1. The minimum atomic E-state index is -0.265. The lowest BCUT2D eigenvalue weighted by molar-refractivity contribution is -0.0101. The molecule has 0 bridgehead atoms. The molecule has 0 aliphatic carbocycles. The fourth-order valence-corrected chi connectivity index (χ4v) is 1.89. The maximum atomic E-state index is 12.0. The van der Waals surface area contributed by atoms with Crippen LogP contribution in [-0.4, -0.2) is 35.5 Å². The Labute approximate surface area is 107 Å². The van der Waals surface area contributed by atoms with E-state index in [1.165, 1.54) is 4.90 Å². The number of rotatable bonds is 3. The topological polar surface area (TPSA) is 46.6 Å². The van der Waals surface area contributed by atoms with Crippen LogP contribution in [0.5, 0.6) is 0 Å². The van der Waals surface area contributed by atoms with Crippen LogP contribution in [-0.2, 0) is 4.74 Å². The SMILES string of the molecule is CC(C)(C)OCCN1C(=O)c2ccccc2C1=O. The van der Waals surface area contributed by atoms with Crippen LogP contribution in [0.15, 0.2) is 24.3 Å². The number of fused-ring (bicyclic) bond motifs is 1. The first-order valence-electron chi connectivity index (χ1n) is 5.99. The lowest BCUT2D eigenvalue weighted by atomic mass is 10.1. The first kappa shape index (κ1) is 12.8. The van der Waals surface area contributed by atoms with E-state index in [4.69, 9.17) is 4.74 Å².